The molecule has 0 unspecified atom stereocenters. The van der Waals surface area contributed by atoms with Gasteiger partial charge in [-0.15, -0.1) is 11.3 Å². The van der Waals surface area contributed by atoms with Crippen LogP contribution in [0.1, 0.15) is 17.3 Å². The summed E-state index contributed by atoms with van der Waals surface area (Å²) in [5, 5.41) is 15.8. The third-order valence-electron chi connectivity index (χ3n) is 2.10. The first-order valence-corrected chi connectivity index (χ1v) is 5.90. The minimum Gasteiger partial charge on any atom is -0.505 e. The van der Waals surface area contributed by atoms with E-state index in [1.807, 2.05) is 0 Å². The molecule has 2 aromatic rings. The molecule has 0 bridgehead atoms. The molecule has 0 aromatic carbocycles. The highest BCUT2D eigenvalue weighted by Gasteiger charge is 2.22. The van der Waals surface area contributed by atoms with E-state index < -0.39 is 22.8 Å². The number of thiazole rings is 1. The fraction of sp³-hybridized carbons (Fsp3) is 0.200. The van der Waals surface area contributed by atoms with Crippen LogP contribution in [0.3, 0.4) is 0 Å². The van der Waals surface area contributed by atoms with Gasteiger partial charge in [0.15, 0.2) is 11.3 Å². The molecular formula is C10H9N3O4S. The summed E-state index contributed by atoms with van der Waals surface area (Å²) in [6.45, 7) is 1.71. The molecule has 0 saturated carbocycles. The number of esters is 1. The van der Waals surface area contributed by atoms with Gasteiger partial charge in [0.05, 0.1) is 17.0 Å². The molecule has 0 aliphatic carbocycles. The summed E-state index contributed by atoms with van der Waals surface area (Å²) in [5.74, 6) is -1.38. The second-order valence-corrected chi connectivity index (χ2v) is 4.10. The number of hydrogen-bond donors (Lipinski definition) is 2. The van der Waals surface area contributed by atoms with Crippen molar-refractivity contribution in [2.75, 3.05) is 6.61 Å². The SMILES string of the molecule is CCOC(=O)c1c(O)c(-c2cncs2)n[nH]c1=O. The summed E-state index contributed by atoms with van der Waals surface area (Å²) in [4.78, 5) is 27.4. The Morgan fingerprint density at radius 2 is 2.39 bits per heavy atom. The lowest BCUT2D eigenvalue weighted by molar-refractivity contribution is 0.0520. The second-order valence-electron chi connectivity index (χ2n) is 3.21. The monoisotopic (exact) mass is 267 g/mol. The summed E-state index contributed by atoms with van der Waals surface area (Å²) in [5.41, 5.74) is 0.403. The number of H-pyrrole nitrogens is 1. The van der Waals surface area contributed by atoms with Crippen LogP contribution in [0.2, 0.25) is 0 Å². The van der Waals surface area contributed by atoms with Gasteiger partial charge in [-0.2, -0.15) is 5.10 Å². The van der Waals surface area contributed by atoms with E-state index in [1.165, 1.54) is 17.5 Å². The Kier molecular flexibility index (Phi) is 3.38. The molecular weight excluding hydrogens is 258 g/mol. The van der Waals surface area contributed by atoms with Crippen LogP contribution in [0.25, 0.3) is 10.6 Å². The highest BCUT2D eigenvalue weighted by atomic mass is 32.1. The van der Waals surface area contributed by atoms with Crippen molar-refractivity contribution < 1.29 is 14.6 Å². The molecule has 0 radical (unpaired) electrons. The van der Waals surface area contributed by atoms with Crippen LogP contribution < -0.4 is 5.56 Å². The molecule has 2 N–H and O–H groups in total. The Balaban J connectivity index is 2.57. The van der Waals surface area contributed by atoms with Crippen molar-refractivity contribution in [1.29, 1.82) is 0 Å². The topological polar surface area (TPSA) is 105 Å². The number of aromatic amines is 1. The number of hydrogen-bond acceptors (Lipinski definition) is 7. The molecule has 7 nitrogen and oxygen atoms in total. The average Bonchev–Trinajstić information content (AvgIpc) is 2.83. The molecule has 2 rings (SSSR count). The van der Waals surface area contributed by atoms with E-state index in [1.54, 1.807) is 12.4 Å². The van der Waals surface area contributed by atoms with Crippen LogP contribution in [0.15, 0.2) is 16.5 Å². The molecule has 0 spiro atoms. The third kappa shape index (κ3) is 2.09. The van der Waals surface area contributed by atoms with Gasteiger partial charge < -0.3 is 9.84 Å². The molecule has 94 valence electrons. The van der Waals surface area contributed by atoms with Crippen molar-refractivity contribution in [2.45, 2.75) is 6.92 Å². The molecule has 18 heavy (non-hydrogen) atoms. The van der Waals surface area contributed by atoms with E-state index in [4.69, 9.17) is 4.74 Å². The van der Waals surface area contributed by atoms with Crippen LogP contribution >= 0.6 is 11.3 Å². The summed E-state index contributed by atoms with van der Waals surface area (Å²) in [6, 6.07) is 0. The summed E-state index contributed by atoms with van der Waals surface area (Å²) in [6.07, 6.45) is 1.47. The molecule has 0 amide bonds. The number of carbonyl (C=O) groups is 1. The second kappa shape index (κ2) is 4.96. The van der Waals surface area contributed by atoms with Gasteiger partial charge in [0.25, 0.3) is 5.56 Å². The standard InChI is InChI=1S/C10H9N3O4S/c1-2-17-10(16)6-8(14)7(12-13-9(6)15)5-3-11-4-18-5/h3-4H,2H2,1H3,(H2,13,14,15). The Bertz CT molecular complexity index is 621. The average molecular weight is 267 g/mol. The van der Waals surface area contributed by atoms with Crippen LogP contribution in [-0.2, 0) is 4.74 Å². The molecule has 0 saturated heterocycles. The van der Waals surface area contributed by atoms with Crippen LogP contribution in [-0.4, -0.2) is 32.9 Å². The van der Waals surface area contributed by atoms with Gasteiger partial charge in [-0.25, -0.2) is 9.89 Å². The normalized spacial score (nSPS) is 10.3. The lowest BCUT2D eigenvalue weighted by Crippen LogP contribution is -2.21. The van der Waals surface area contributed by atoms with Crippen molar-refractivity contribution in [2.24, 2.45) is 0 Å². The lowest BCUT2D eigenvalue weighted by Gasteiger charge is -2.05. The van der Waals surface area contributed by atoms with Crippen molar-refractivity contribution in [3.8, 4) is 16.3 Å². The minimum atomic E-state index is -0.885. The maximum atomic E-state index is 11.6. The zero-order chi connectivity index (χ0) is 13.1. The molecule has 0 fully saturated rings. The van der Waals surface area contributed by atoms with Crippen molar-refractivity contribution >= 4 is 17.3 Å². The fourth-order valence-electron chi connectivity index (χ4n) is 1.34. The van der Waals surface area contributed by atoms with Crippen LogP contribution in [0.5, 0.6) is 5.75 Å². The van der Waals surface area contributed by atoms with Crippen molar-refractivity contribution in [1.82, 2.24) is 15.2 Å². The maximum Gasteiger partial charge on any atom is 0.347 e. The number of rotatable bonds is 3. The van der Waals surface area contributed by atoms with Crippen LogP contribution in [0.4, 0.5) is 0 Å². The largest absolute Gasteiger partial charge is 0.505 e. The van der Waals surface area contributed by atoms with E-state index in [2.05, 4.69) is 15.2 Å². The van der Waals surface area contributed by atoms with Gasteiger partial charge in [0.2, 0.25) is 0 Å². The van der Waals surface area contributed by atoms with Gasteiger partial charge >= 0.3 is 5.97 Å². The third-order valence-corrected chi connectivity index (χ3v) is 2.88. The first-order chi connectivity index (χ1) is 8.65. The minimum absolute atomic E-state index is 0.0974. The number of aromatic hydroxyl groups is 1. The number of nitrogens with one attached hydrogen (secondary N) is 1. The Labute approximate surface area is 105 Å². The van der Waals surface area contributed by atoms with Crippen LogP contribution in [0, 0.1) is 0 Å². The van der Waals surface area contributed by atoms with E-state index in [-0.39, 0.29) is 12.3 Å². The highest BCUT2D eigenvalue weighted by molar-refractivity contribution is 7.13. The molecule has 0 aliphatic heterocycles. The quantitative estimate of drug-likeness (QED) is 0.796. The summed E-state index contributed by atoms with van der Waals surface area (Å²) in [7, 11) is 0. The first kappa shape index (κ1) is 12.2. The van der Waals surface area contributed by atoms with Crippen molar-refractivity contribution in [3.63, 3.8) is 0 Å². The zero-order valence-corrected chi connectivity index (χ0v) is 10.2. The van der Waals surface area contributed by atoms with Gasteiger partial charge in [0.1, 0.15) is 5.69 Å². The molecule has 8 heteroatoms. The molecule has 2 heterocycles. The summed E-state index contributed by atoms with van der Waals surface area (Å²) < 4.78 is 4.70. The highest BCUT2D eigenvalue weighted by Crippen LogP contribution is 2.30. The first-order valence-electron chi connectivity index (χ1n) is 5.02. The predicted molar refractivity (Wildman–Crippen MR) is 63.6 cm³/mol. The predicted octanol–water partition coefficient (Wildman–Crippen LogP) is 0.776. The van der Waals surface area contributed by atoms with E-state index in [9.17, 15) is 14.7 Å². The maximum absolute atomic E-state index is 11.6. The van der Waals surface area contributed by atoms with Gasteiger partial charge in [-0.3, -0.25) is 9.78 Å². The lowest BCUT2D eigenvalue weighted by atomic mass is 10.2. The van der Waals surface area contributed by atoms with E-state index >= 15 is 0 Å². The Morgan fingerprint density at radius 1 is 1.61 bits per heavy atom. The van der Waals surface area contributed by atoms with Gasteiger partial charge in [0, 0.05) is 6.20 Å². The number of ether oxygens (including phenoxy) is 1. The van der Waals surface area contributed by atoms with E-state index in [0.717, 1.165) is 0 Å². The Hall–Kier alpha value is -2.22. The van der Waals surface area contributed by atoms with Crippen molar-refractivity contribution in [3.05, 3.63) is 27.6 Å². The molecule has 2 aromatic heterocycles. The number of aromatic nitrogens is 3. The number of carbonyl (C=O) groups excluding carboxylic acids is 1. The molecule has 0 atom stereocenters. The van der Waals surface area contributed by atoms with Gasteiger partial charge in [-0.1, -0.05) is 0 Å². The summed E-state index contributed by atoms with van der Waals surface area (Å²) >= 11 is 1.22. The smallest absolute Gasteiger partial charge is 0.347 e. The fourth-order valence-corrected chi connectivity index (χ4v) is 1.95. The van der Waals surface area contributed by atoms with E-state index in [0.29, 0.717) is 4.88 Å². The van der Waals surface area contributed by atoms with Gasteiger partial charge in [-0.05, 0) is 6.92 Å². The Morgan fingerprint density at radius 3 is 3.00 bits per heavy atom. The number of nitrogens with zero attached hydrogens (tertiary/aromatic N) is 2. The zero-order valence-electron chi connectivity index (χ0n) is 9.34. The molecule has 0 aliphatic rings.